The average Bonchev–Trinajstić information content (AvgIpc) is 3.00. The zero-order valence-electron chi connectivity index (χ0n) is 12.2. The van der Waals surface area contributed by atoms with Gasteiger partial charge in [-0.1, -0.05) is 0 Å². The van der Waals surface area contributed by atoms with E-state index in [9.17, 15) is 13.2 Å². The average molecular weight is 338 g/mol. The highest BCUT2D eigenvalue weighted by Crippen LogP contribution is 2.09. The van der Waals surface area contributed by atoms with Gasteiger partial charge < -0.3 is 5.32 Å². The normalized spacial score (nSPS) is 11.0. The van der Waals surface area contributed by atoms with E-state index in [4.69, 9.17) is 0 Å². The maximum Gasteiger partial charge on any atom is 0.257 e. The topological polar surface area (TPSA) is 47.7 Å². The highest BCUT2D eigenvalue weighted by atomic mass is 35.5. The van der Waals surface area contributed by atoms with Crippen LogP contribution in [0.5, 0.6) is 0 Å². The zero-order chi connectivity index (χ0) is 15.2. The highest BCUT2D eigenvalue weighted by Gasteiger charge is 2.11. The third-order valence-corrected chi connectivity index (χ3v) is 3.24. The van der Waals surface area contributed by atoms with Crippen molar-refractivity contribution in [3.63, 3.8) is 0 Å². The van der Waals surface area contributed by atoms with Crippen LogP contribution in [0.2, 0.25) is 0 Å². The smallest absolute Gasteiger partial charge is 0.257 e. The molecular formula is C13H19ClF3N5. The number of aryl methyl sites for hydroxylation is 1. The van der Waals surface area contributed by atoms with Crippen LogP contribution in [-0.4, -0.2) is 32.7 Å². The molecule has 0 unspecified atom stereocenters. The van der Waals surface area contributed by atoms with Crippen molar-refractivity contribution in [3.05, 3.63) is 35.4 Å². The number of rotatable bonds is 8. The van der Waals surface area contributed by atoms with Crippen molar-refractivity contribution >= 4 is 12.4 Å². The number of hydrogen-bond acceptors (Lipinski definition) is 3. The van der Waals surface area contributed by atoms with Crippen LogP contribution in [0.3, 0.4) is 0 Å². The number of halogens is 4. The lowest BCUT2D eigenvalue weighted by Crippen LogP contribution is -2.17. The molecule has 0 radical (unpaired) electrons. The van der Waals surface area contributed by atoms with Gasteiger partial charge in [0.2, 0.25) is 0 Å². The zero-order valence-corrected chi connectivity index (χ0v) is 13.0. The summed E-state index contributed by atoms with van der Waals surface area (Å²) in [6.07, 6.45) is 0.793. The Labute approximate surface area is 132 Å². The molecule has 9 heteroatoms. The second-order valence-electron chi connectivity index (χ2n) is 4.67. The second-order valence-corrected chi connectivity index (χ2v) is 4.67. The number of hydrogen-bond donors (Lipinski definition) is 1. The fraction of sp³-hybridized carbons (Fsp3) is 0.538. The summed E-state index contributed by atoms with van der Waals surface area (Å²) in [5.74, 6) is 0. The van der Waals surface area contributed by atoms with Crippen LogP contribution >= 0.6 is 12.4 Å². The van der Waals surface area contributed by atoms with Crippen molar-refractivity contribution in [2.75, 3.05) is 6.67 Å². The van der Waals surface area contributed by atoms with Gasteiger partial charge in [0, 0.05) is 30.5 Å². The van der Waals surface area contributed by atoms with Crippen molar-refractivity contribution < 1.29 is 13.2 Å². The van der Waals surface area contributed by atoms with E-state index in [1.54, 1.807) is 24.0 Å². The van der Waals surface area contributed by atoms with E-state index in [1.165, 1.54) is 4.68 Å². The largest absolute Gasteiger partial charge is 0.307 e. The fourth-order valence-corrected chi connectivity index (χ4v) is 2.09. The predicted octanol–water partition coefficient (Wildman–Crippen LogP) is 2.33. The third kappa shape index (κ3) is 4.74. The standard InChI is InChI=1S/C13H18F3N5.ClH/c1-10-11(7-19-21(10)9-13(15)16)6-17-8-12-2-4-18-20(12)5-3-14;/h2,4,7,13,17H,3,5-6,8-9H2,1H3;1H. The van der Waals surface area contributed by atoms with Crippen LogP contribution in [0.25, 0.3) is 0 Å². The van der Waals surface area contributed by atoms with E-state index in [0.717, 1.165) is 17.0 Å². The first kappa shape index (κ1) is 18.5. The first-order valence-corrected chi connectivity index (χ1v) is 6.68. The molecule has 0 aromatic carbocycles. The lowest BCUT2D eigenvalue weighted by atomic mass is 10.2. The molecule has 0 saturated carbocycles. The Balaban J connectivity index is 0.00000242. The van der Waals surface area contributed by atoms with Crippen molar-refractivity contribution in [3.8, 4) is 0 Å². The van der Waals surface area contributed by atoms with E-state index in [1.807, 2.05) is 6.07 Å². The molecule has 2 aromatic rings. The summed E-state index contributed by atoms with van der Waals surface area (Å²) in [6.45, 7) is 2.17. The van der Waals surface area contributed by atoms with E-state index in [2.05, 4.69) is 15.5 Å². The maximum absolute atomic E-state index is 12.3. The minimum Gasteiger partial charge on any atom is -0.307 e. The van der Waals surface area contributed by atoms with E-state index in [-0.39, 0.29) is 19.0 Å². The van der Waals surface area contributed by atoms with Crippen LogP contribution in [0.15, 0.2) is 18.5 Å². The Hall–Kier alpha value is -1.54. The molecule has 0 amide bonds. The first-order valence-electron chi connectivity index (χ1n) is 6.68. The first-order chi connectivity index (χ1) is 10.1. The molecule has 0 aliphatic carbocycles. The summed E-state index contributed by atoms with van der Waals surface area (Å²) in [7, 11) is 0. The van der Waals surface area contributed by atoms with Gasteiger partial charge >= 0.3 is 0 Å². The van der Waals surface area contributed by atoms with E-state index < -0.39 is 19.6 Å². The lowest BCUT2D eigenvalue weighted by molar-refractivity contribution is 0.121. The van der Waals surface area contributed by atoms with Gasteiger partial charge in [0.05, 0.1) is 18.4 Å². The molecule has 0 aliphatic rings. The van der Waals surface area contributed by atoms with Gasteiger partial charge in [0.15, 0.2) is 0 Å². The lowest BCUT2D eigenvalue weighted by Gasteiger charge is -2.08. The molecule has 1 N–H and O–H groups in total. The monoisotopic (exact) mass is 337 g/mol. The molecule has 124 valence electrons. The summed E-state index contributed by atoms with van der Waals surface area (Å²) in [4.78, 5) is 0. The molecule has 0 atom stereocenters. The summed E-state index contributed by atoms with van der Waals surface area (Å²) >= 11 is 0. The van der Waals surface area contributed by atoms with Crippen molar-refractivity contribution in [2.45, 2.75) is 39.5 Å². The van der Waals surface area contributed by atoms with Gasteiger partial charge in [0.1, 0.15) is 13.2 Å². The summed E-state index contributed by atoms with van der Waals surface area (Å²) in [5.41, 5.74) is 2.47. The molecule has 0 fully saturated rings. The molecule has 0 saturated heterocycles. The van der Waals surface area contributed by atoms with Crippen LogP contribution < -0.4 is 5.32 Å². The Kier molecular flexibility index (Phi) is 7.40. The second kappa shape index (κ2) is 8.79. The van der Waals surface area contributed by atoms with Crippen molar-refractivity contribution in [1.29, 1.82) is 0 Å². The number of nitrogens with one attached hydrogen (secondary N) is 1. The molecule has 0 spiro atoms. The quantitative estimate of drug-likeness (QED) is 0.804. The van der Waals surface area contributed by atoms with Crippen molar-refractivity contribution in [2.24, 2.45) is 0 Å². The Morgan fingerprint density at radius 3 is 2.68 bits per heavy atom. The molecule has 2 aromatic heterocycles. The summed E-state index contributed by atoms with van der Waals surface area (Å²) in [6, 6.07) is 1.82. The highest BCUT2D eigenvalue weighted by molar-refractivity contribution is 5.85. The molecule has 0 bridgehead atoms. The van der Waals surface area contributed by atoms with Crippen LogP contribution in [0, 0.1) is 6.92 Å². The summed E-state index contributed by atoms with van der Waals surface area (Å²) < 4.78 is 39.9. The van der Waals surface area contributed by atoms with Crippen LogP contribution in [0.1, 0.15) is 17.0 Å². The number of aromatic nitrogens is 4. The Morgan fingerprint density at radius 1 is 1.23 bits per heavy atom. The molecule has 5 nitrogen and oxygen atoms in total. The van der Waals surface area contributed by atoms with Gasteiger partial charge in [-0.15, -0.1) is 12.4 Å². The third-order valence-electron chi connectivity index (χ3n) is 3.24. The van der Waals surface area contributed by atoms with E-state index in [0.29, 0.717) is 13.1 Å². The van der Waals surface area contributed by atoms with Gasteiger partial charge in [-0.3, -0.25) is 9.36 Å². The van der Waals surface area contributed by atoms with E-state index >= 15 is 0 Å². The van der Waals surface area contributed by atoms with Crippen molar-refractivity contribution in [1.82, 2.24) is 24.9 Å². The van der Waals surface area contributed by atoms with Gasteiger partial charge in [-0.25, -0.2) is 13.2 Å². The predicted molar refractivity (Wildman–Crippen MR) is 79.0 cm³/mol. The SMILES string of the molecule is Cc1c(CNCc2ccnn2CCF)cnn1CC(F)F.Cl. The maximum atomic E-state index is 12.3. The summed E-state index contributed by atoms with van der Waals surface area (Å²) in [5, 5.41) is 11.2. The van der Waals surface area contributed by atoms with Crippen LogP contribution in [0.4, 0.5) is 13.2 Å². The van der Waals surface area contributed by atoms with Gasteiger partial charge in [-0.05, 0) is 13.0 Å². The van der Waals surface area contributed by atoms with Gasteiger partial charge in [-0.2, -0.15) is 10.2 Å². The molecule has 2 heterocycles. The Bertz CT molecular complexity index is 570. The molecule has 2 rings (SSSR count). The molecule has 0 aliphatic heterocycles. The minimum atomic E-state index is -2.42. The fourth-order valence-electron chi connectivity index (χ4n) is 2.09. The molecular weight excluding hydrogens is 319 g/mol. The van der Waals surface area contributed by atoms with Crippen LogP contribution in [-0.2, 0) is 26.2 Å². The van der Waals surface area contributed by atoms with Gasteiger partial charge in [0.25, 0.3) is 6.43 Å². The number of alkyl halides is 3. The minimum absolute atomic E-state index is 0. The number of nitrogens with zero attached hydrogens (tertiary/aromatic N) is 4. The molecule has 22 heavy (non-hydrogen) atoms. The Morgan fingerprint density at radius 2 is 2.00 bits per heavy atom.